The van der Waals surface area contributed by atoms with Crippen molar-refractivity contribution in [2.45, 2.75) is 77.7 Å². The Balaban J connectivity index is 2.15. The van der Waals surface area contributed by atoms with Crippen molar-refractivity contribution in [3.8, 4) is 0 Å². The first-order valence-corrected chi connectivity index (χ1v) is 8.16. The van der Waals surface area contributed by atoms with Crippen molar-refractivity contribution in [3.05, 3.63) is 35.1 Å². The zero-order chi connectivity index (χ0) is 14.8. The molecular formula is C18H30FN. The van der Waals surface area contributed by atoms with E-state index in [0.717, 1.165) is 17.5 Å². The van der Waals surface area contributed by atoms with Crippen molar-refractivity contribution in [2.24, 2.45) is 5.73 Å². The van der Waals surface area contributed by atoms with Crippen molar-refractivity contribution in [1.82, 2.24) is 0 Å². The van der Waals surface area contributed by atoms with Crippen LogP contribution in [-0.2, 0) is 0 Å². The monoisotopic (exact) mass is 279 g/mol. The summed E-state index contributed by atoms with van der Waals surface area (Å²) in [6.07, 6.45) is 11.5. The third-order valence-electron chi connectivity index (χ3n) is 4.00. The molecule has 1 rings (SSSR count). The highest BCUT2D eigenvalue weighted by Crippen LogP contribution is 2.22. The average molecular weight is 279 g/mol. The predicted molar refractivity (Wildman–Crippen MR) is 85.3 cm³/mol. The highest BCUT2D eigenvalue weighted by molar-refractivity contribution is 5.29. The standard InChI is InChI=1S/C18H30FN/c1-3-4-5-6-7-8-9-10-11-18(20)17-13-12-16(19)14-15(17)2/h12-14,18H,3-11,20H2,1-2H3. The van der Waals surface area contributed by atoms with Crippen LogP contribution >= 0.6 is 0 Å². The van der Waals surface area contributed by atoms with Crippen molar-refractivity contribution < 1.29 is 4.39 Å². The van der Waals surface area contributed by atoms with E-state index in [0.29, 0.717) is 0 Å². The maximum absolute atomic E-state index is 13.0. The van der Waals surface area contributed by atoms with Gasteiger partial charge in [-0.15, -0.1) is 0 Å². The molecule has 1 aromatic rings. The summed E-state index contributed by atoms with van der Waals surface area (Å²) < 4.78 is 13.0. The molecule has 0 fully saturated rings. The lowest BCUT2D eigenvalue weighted by atomic mass is 9.96. The summed E-state index contributed by atoms with van der Waals surface area (Å²) in [5, 5.41) is 0. The number of benzene rings is 1. The molecule has 1 atom stereocenters. The Bertz CT molecular complexity index is 376. The van der Waals surface area contributed by atoms with Gasteiger partial charge in [0.25, 0.3) is 0 Å². The number of hydrogen-bond acceptors (Lipinski definition) is 1. The van der Waals surface area contributed by atoms with Crippen LogP contribution in [0.2, 0.25) is 0 Å². The van der Waals surface area contributed by atoms with Gasteiger partial charge in [-0.05, 0) is 36.6 Å². The summed E-state index contributed by atoms with van der Waals surface area (Å²) in [4.78, 5) is 0. The molecule has 1 unspecified atom stereocenters. The first-order valence-electron chi connectivity index (χ1n) is 8.16. The lowest BCUT2D eigenvalue weighted by Crippen LogP contribution is -2.11. The minimum absolute atomic E-state index is 0.0516. The van der Waals surface area contributed by atoms with Crippen LogP contribution in [-0.4, -0.2) is 0 Å². The number of rotatable bonds is 10. The predicted octanol–water partition coefficient (Wildman–Crippen LogP) is 5.66. The maximum Gasteiger partial charge on any atom is 0.123 e. The zero-order valence-electron chi connectivity index (χ0n) is 13.1. The minimum atomic E-state index is -0.175. The number of hydrogen-bond donors (Lipinski definition) is 1. The van der Waals surface area contributed by atoms with Gasteiger partial charge in [0.05, 0.1) is 0 Å². The molecular weight excluding hydrogens is 249 g/mol. The summed E-state index contributed by atoms with van der Waals surface area (Å²) in [6, 6.07) is 4.97. The van der Waals surface area contributed by atoms with Crippen molar-refractivity contribution in [1.29, 1.82) is 0 Å². The normalized spacial score (nSPS) is 12.6. The molecule has 0 saturated carbocycles. The van der Waals surface area contributed by atoms with Gasteiger partial charge in [0.15, 0.2) is 0 Å². The van der Waals surface area contributed by atoms with Gasteiger partial charge in [-0.1, -0.05) is 64.4 Å². The molecule has 0 heterocycles. The van der Waals surface area contributed by atoms with E-state index in [2.05, 4.69) is 6.92 Å². The molecule has 0 aliphatic rings. The molecule has 114 valence electrons. The number of unbranched alkanes of at least 4 members (excludes halogenated alkanes) is 7. The van der Waals surface area contributed by atoms with Crippen LogP contribution in [0.4, 0.5) is 4.39 Å². The van der Waals surface area contributed by atoms with Crippen molar-refractivity contribution in [3.63, 3.8) is 0 Å². The Morgan fingerprint density at radius 2 is 1.60 bits per heavy atom. The second-order valence-electron chi connectivity index (χ2n) is 5.87. The fraction of sp³-hybridized carbons (Fsp3) is 0.667. The molecule has 0 aromatic heterocycles. The molecule has 0 radical (unpaired) electrons. The molecule has 0 aliphatic heterocycles. The third-order valence-corrected chi connectivity index (χ3v) is 4.00. The Hall–Kier alpha value is -0.890. The minimum Gasteiger partial charge on any atom is -0.324 e. The number of nitrogens with two attached hydrogens (primary N) is 1. The fourth-order valence-corrected chi connectivity index (χ4v) is 2.71. The van der Waals surface area contributed by atoms with Crippen LogP contribution in [0, 0.1) is 12.7 Å². The summed E-state index contributed by atoms with van der Waals surface area (Å²) in [6.45, 7) is 4.19. The lowest BCUT2D eigenvalue weighted by molar-refractivity contribution is 0.534. The van der Waals surface area contributed by atoms with E-state index >= 15 is 0 Å². The molecule has 0 aliphatic carbocycles. The second-order valence-corrected chi connectivity index (χ2v) is 5.87. The molecule has 1 aromatic carbocycles. The molecule has 0 bridgehead atoms. The number of aryl methyl sites for hydroxylation is 1. The molecule has 20 heavy (non-hydrogen) atoms. The third kappa shape index (κ3) is 6.51. The largest absolute Gasteiger partial charge is 0.324 e. The van der Waals surface area contributed by atoms with Crippen LogP contribution in [0.15, 0.2) is 18.2 Å². The van der Waals surface area contributed by atoms with Gasteiger partial charge >= 0.3 is 0 Å². The van der Waals surface area contributed by atoms with Crippen LogP contribution in [0.25, 0.3) is 0 Å². The van der Waals surface area contributed by atoms with Gasteiger partial charge in [-0.3, -0.25) is 0 Å². The van der Waals surface area contributed by atoms with Gasteiger partial charge in [0.1, 0.15) is 5.82 Å². The van der Waals surface area contributed by atoms with Crippen molar-refractivity contribution >= 4 is 0 Å². The van der Waals surface area contributed by atoms with Crippen LogP contribution < -0.4 is 5.73 Å². The van der Waals surface area contributed by atoms with E-state index in [4.69, 9.17) is 5.73 Å². The molecule has 0 spiro atoms. The van der Waals surface area contributed by atoms with Crippen LogP contribution in [0.5, 0.6) is 0 Å². The highest BCUT2D eigenvalue weighted by atomic mass is 19.1. The topological polar surface area (TPSA) is 26.0 Å². The summed E-state index contributed by atoms with van der Waals surface area (Å²) in [7, 11) is 0. The Morgan fingerprint density at radius 3 is 2.20 bits per heavy atom. The van der Waals surface area contributed by atoms with Crippen LogP contribution in [0.3, 0.4) is 0 Å². The highest BCUT2D eigenvalue weighted by Gasteiger charge is 2.09. The quantitative estimate of drug-likeness (QED) is 0.549. The molecule has 0 saturated heterocycles. The fourth-order valence-electron chi connectivity index (χ4n) is 2.71. The van der Waals surface area contributed by atoms with Crippen molar-refractivity contribution in [2.75, 3.05) is 0 Å². The van der Waals surface area contributed by atoms with E-state index in [9.17, 15) is 4.39 Å². The smallest absolute Gasteiger partial charge is 0.123 e. The van der Waals surface area contributed by atoms with E-state index in [1.54, 1.807) is 6.07 Å². The molecule has 2 heteroatoms. The Morgan fingerprint density at radius 1 is 1.00 bits per heavy atom. The summed E-state index contributed by atoms with van der Waals surface area (Å²) >= 11 is 0. The number of halogens is 1. The average Bonchev–Trinajstić information content (AvgIpc) is 2.41. The lowest BCUT2D eigenvalue weighted by Gasteiger charge is -2.14. The van der Waals surface area contributed by atoms with Gasteiger partial charge < -0.3 is 5.73 Å². The summed E-state index contributed by atoms with van der Waals surface area (Å²) in [5.41, 5.74) is 8.27. The Kier molecular flexibility index (Phi) is 8.52. The molecule has 2 N–H and O–H groups in total. The molecule has 0 amide bonds. The van der Waals surface area contributed by atoms with E-state index in [1.165, 1.54) is 57.4 Å². The van der Waals surface area contributed by atoms with E-state index in [-0.39, 0.29) is 11.9 Å². The van der Waals surface area contributed by atoms with Gasteiger partial charge in [0, 0.05) is 6.04 Å². The van der Waals surface area contributed by atoms with E-state index in [1.807, 2.05) is 13.0 Å². The van der Waals surface area contributed by atoms with Gasteiger partial charge in [-0.2, -0.15) is 0 Å². The second kappa shape index (κ2) is 9.93. The zero-order valence-corrected chi connectivity index (χ0v) is 13.1. The molecule has 1 nitrogen and oxygen atoms in total. The van der Waals surface area contributed by atoms with E-state index < -0.39 is 0 Å². The summed E-state index contributed by atoms with van der Waals surface area (Å²) in [5.74, 6) is -0.175. The van der Waals surface area contributed by atoms with Gasteiger partial charge in [0.2, 0.25) is 0 Å². The maximum atomic E-state index is 13.0. The first kappa shape index (κ1) is 17.2. The van der Waals surface area contributed by atoms with Crippen LogP contribution in [0.1, 0.15) is 81.9 Å². The van der Waals surface area contributed by atoms with Gasteiger partial charge in [-0.25, -0.2) is 4.39 Å². The Labute approximate surface area is 123 Å². The first-order chi connectivity index (χ1) is 9.65. The SMILES string of the molecule is CCCCCCCCCCC(N)c1ccc(F)cc1C.